The second-order valence-corrected chi connectivity index (χ2v) is 4.99. The van der Waals surface area contributed by atoms with E-state index >= 15 is 0 Å². The van der Waals surface area contributed by atoms with Gasteiger partial charge in [-0.1, -0.05) is 23.7 Å². The zero-order valence-corrected chi connectivity index (χ0v) is 12.6. The lowest BCUT2D eigenvalue weighted by atomic mass is 10.1. The van der Waals surface area contributed by atoms with E-state index in [1.165, 1.54) is 6.07 Å². The lowest BCUT2D eigenvalue weighted by Crippen LogP contribution is -2.21. The quantitative estimate of drug-likeness (QED) is 0.631. The van der Waals surface area contributed by atoms with E-state index in [1.54, 1.807) is 31.2 Å². The fraction of sp³-hybridized carbons (Fsp3) is 0.133. The molecule has 0 unspecified atom stereocenters. The van der Waals surface area contributed by atoms with E-state index in [1.807, 2.05) is 6.07 Å². The first kappa shape index (κ1) is 16.4. The molecule has 2 aromatic carbocycles. The van der Waals surface area contributed by atoms with Crippen LogP contribution in [0, 0.1) is 6.92 Å². The van der Waals surface area contributed by atoms with E-state index in [4.69, 9.17) is 31.0 Å². The molecular weight excluding hydrogens is 306 g/mol. The molecule has 0 aliphatic carbocycles. The normalized spacial score (nSPS) is 10.2. The van der Waals surface area contributed by atoms with Crippen LogP contribution in [0.4, 0.5) is 0 Å². The number of halogens is 1. The van der Waals surface area contributed by atoms with Gasteiger partial charge in [-0.2, -0.15) is 0 Å². The molecule has 0 aliphatic heterocycles. The van der Waals surface area contributed by atoms with Gasteiger partial charge in [-0.25, -0.2) is 0 Å². The average molecular weight is 321 g/mol. The van der Waals surface area contributed by atoms with E-state index in [2.05, 4.69) is 0 Å². The SMILES string of the molecule is Cc1c(COc2ccc(C=O)cc2Cl)cccc1OB(O)O. The molecular formula is C15H14BClO5. The fourth-order valence-electron chi connectivity index (χ4n) is 1.92. The van der Waals surface area contributed by atoms with Gasteiger partial charge >= 0.3 is 7.32 Å². The Balaban J connectivity index is 2.13. The zero-order chi connectivity index (χ0) is 16.1. The number of rotatable bonds is 6. The minimum absolute atomic E-state index is 0.227. The molecule has 0 amide bonds. The standard InChI is InChI=1S/C15H14BClO5/c1-10-12(3-2-4-14(10)22-16(19)20)9-21-15-6-5-11(8-18)7-13(15)17/h2-8,19-20H,9H2,1H3. The first-order valence-corrected chi connectivity index (χ1v) is 6.88. The van der Waals surface area contributed by atoms with Gasteiger partial charge in [-0.3, -0.25) is 4.79 Å². The number of ether oxygens (including phenoxy) is 1. The topological polar surface area (TPSA) is 76.0 Å². The number of carbonyl (C=O) groups is 1. The van der Waals surface area contributed by atoms with Crippen molar-refractivity contribution < 1.29 is 24.2 Å². The maximum Gasteiger partial charge on any atom is 0.707 e. The Labute approximate surface area is 133 Å². The molecule has 0 saturated heterocycles. The number of hydrogen-bond acceptors (Lipinski definition) is 5. The van der Waals surface area contributed by atoms with Crippen LogP contribution in [-0.2, 0) is 6.61 Å². The van der Waals surface area contributed by atoms with Crippen LogP contribution in [0.5, 0.6) is 11.5 Å². The zero-order valence-electron chi connectivity index (χ0n) is 11.8. The third kappa shape index (κ3) is 4.01. The van der Waals surface area contributed by atoms with Crippen LogP contribution in [0.15, 0.2) is 36.4 Å². The van der Waals surface area contributed by atoms with Crippen molar-refractivity contribution in [3.8, 4) is 11.5 Å². The van der Waals surface area contributed by atoms with Crippen LogP contribution in [0.1, 0.15) is 21.5 Å². The van der Waals surface area contributed by atoms with Crippen LogP contribution in [0.3, 0.4) is 0 Å². The molecule has 0 fully saturated rings. The number of benzene rings is 2. The lowest BCUT2D eigenvalue weighted by Gasteiger charge is -2.14. The highest BCUT2D eigenvalue weighted by molar-refractivity contribution is 6.33. The van der Waals surface area contributed by atoms with Gasteiger partial charge in [0.2, 0.25) is 0 Å². The smallest absolute Gasteiger partial charge is 0.512 e. The second kappa shape index (κ2) is 7.31. The van der Waals surface area contributed by atoms with E-state index in [0.717, 1.165) is 11.1 Å². The average Bonchev–Trinajstić information content (AvgIpc) is 2.48. The van der Waals surface area contributed by atoms with E-state index in [0.29, 0.717) is 28.4 Å². The number of aldehydes is 1. The fourth-order valence-corrected chi connectivity index (χ4v) is 2.16. The van der Waals surface area contributed by atoms with Gasteiger partial charge in [0.25, 0.3) is 0 Å². The molecule has 0 saturated carbocycles. The summed E-state index contributed by atoms with van der Waals surface area (Å²) >= 11 is 6.04. The summed E-state index contributed by atoms with van der Waals surface area (Å²) in [6.07, 6.45) is 0.709. The van der Waals surface area contributed by atoms with Crippen LogP contribution in [0.25, 0.3) is 0 Å². The molecule has 2 aromatic rings. The summed E-state index contributed by atoms with van der Waals surface area (Å²) in [5.74, 6) is 0.818. The Morgan fingerprint density at radius 3 is 2.64 bits per heavy atom. The molecule has 0 atom stereocenters. The second-order valence-electron chi connectivity index (χ2n) is 4.58. The van der Waals surface area contributed by atoms with Crippen LogP contribution in [-0.4, -0.2) is 23.7 Å². The van der Waals surface area contributed by atoms with Crippen LogP contribution < -0.4 is 9.39 Å². The maximum absolute atomic E-state index is 10.7. The summed E-state index contributed by atoms with van der Waals surface area (Å²) in [4.78, 5) is 10.7. The number of carbonyl (C=O) groups excluding carboxylic acids is 1. The molecule has 114 valence electrons. The van der Waals surface area contributed by atoms with E-state index in [-0.39, 0.29) is 6.61 Å². The molecule has 0 spiro atoms. The third-order valence-electron chi connectivity index (χ3n) is 3.10. The monoisotopic (exact) mass is 320 g/mol. The lowest BCUT2D eigenvalue weighted by molar-refractivity contribution is 0.112. The molecule has 0 bridgehead atoms. The maximum atomic E-state index is 10.7. The van der Waals surface area contributed by atoms with Crippen molar-refractivity contribution >= 4 is 25.2 Å². The highest BCUT2D eigenvalue weighted by Gasteiger charge is 2.14. The Hall–Kier alpha value is -2.02. The van der Waals surface area contributed by atoms with Crippen molar-refractivity contribution in [1.82, 2.24) is 0 Å². The van der Waals surface area contributed by atoms with Crippen LogP contribution >= 0.6 is 11.6 Å². The van der Waals surface area contributed by atoms with Gasteiger partial charge in [0.1, 0.15) is 24.4 Å². The van der Waals surface area contributed by atoms with Gasteiger partial charge in [0, 0.05) is 5.56 Å². The van der Waals surface area contributed by atoms with Gasteiger partial charge in [0.15, 0.2) is 0 Å². The summed E-state index contributed by atoms with van der Waals surface area (Å²) in [7, 11) is -1.87. The predicted octanol–water partition coefficient (Wildman–Crippen LogP) is 2.39. The van der Waals surface area contributed by atoms with Gasteiger partial charge in [-0.15, -0.1) is 0 Å². The Kier molecular flexibility index (Phi) is 5.43. The van der Waals surface area contributed by atoms with Crippen molar-refractivity contribution in [1.29, 1.82) is 0 Å². The first-order valence-electron chi connectivity index (χ1n) is 6.50. The number of hydrogen-bond donors (Lipinski definition) is 2. The van der Waals surface area contributed by atoms with Gasteiger partial charge in [-0.05, 0) is 42.3 Å². The molecule has 22 heavy (non-hydrogen) atoms. The molecule has 2 N–H and O–H groups in total. The third-order valence-corrected chi connectivity index (χ3v) is 3.40. The van der Waals surface area contributed by atoms with Crippen molar-refractivity contribution in [2.75, 3.05) is 0 Å². The summed E-state index contributed by atoms with van der Waals surface area (Å²) in [6.45, 7) is 2.01. The van der Waals surface area contributed by atoms with Crippen molar-refractivity contribution in [3.63, 3.8) is 0 Å². The minimum atomic E-state index is -1.87. The first-order chi connectivity index (χ1) is 10.5. The minimum Gasteiger partial charge on any atom is -0.512 e. The van der Waals surface area contributed by atoms with Crippen molar-refractivity contribution in [2.45, 2.75) is 13.5 Å². The van der Waals surface area contributed by atoms with Gasteiger partial charge in [0.05, 0.1) is 5.02 Å². The summed E-state index contributed by atoms with van der Waals surface area (Å²) in [5.41, 5.74) is 2.02. The highest BCUT2D eigenvalue weighted by Crippen LogP contribution is 2.27. The summed E-state index contributed by atoms with van der Waals surface area (Å²) < 4.78 is 10.5. The molecule has 0 aromatic heterocycles. The van der Waals surface area contributed by atoms with Crippen molar-refractivity contribution in [2.24, 2.45) is 0 Å². The Bertz CT molecular complexity index is 675. The summed E-state index contributed by atoms with van der Waals surface area (Å²) in [6, 6.07) is 9.95. The molecule has 0 heterocycles. The Morgan fingerprint density at radius 1 is 1.23 bits per heavy atom. The molecule has 5 nitrogen and oxygen atoms in total. The predicted molar refractivity (Wildman–Crippen MR) is 83.2 cm³/mol. The van der Waals surface area contributed by atoms with Crippen molar-refractivity contribution in [3.05, 3.63) is 58.1 Å². The largest absolute Gasteiger partial charge is 0.707 e. The summed E-state index contributed by atoms with van der Waals surface area (Å²) in [5, 5.41) is 18.1. The van der Waals surface area contributed by atoms with Crippen LogP contribution in [0.2, 0.25) is 5.02 Å². The molecule has 0 radical (unpaired) electrons. The van der Waals surface area contributed by atoms with E-state index < -0.39 is 7.32 Å². The molecule has 7 heteroatoms. The van der Waals surface area contributed by atoms with Gasteiger partial charge < -0.3 is 19.4 Å². The van der Waals surface area contributed by atoms with E-state index in [9.17, 15) is 4.79 Å². The highest BCUT2D eigenvalue weighted by atomic mass is 35.5. The molecule has 2 rings (SSSR count). The molecule has 0 aliphatic rings. The Morgan fingerprint density at radius 2 is 2.00 bits per heavy atom.